The first-order chi connectivity index (χ1) is 13.2. The molecule has 0 N–H and O–H groups in total. The van der Waals surface area contributed by atoms with E-state index in [2.05, 4.69) is 20.2 Å². The molecule has 0 saturated carbocycles. The number of fused-ring (bicyclic) bond motifs is 1. The molecule has 3 aromatic heterocycles. The van der Waals surface area contributed by atoms with Crippen molar-refractivity contribution >= 4 is 28.2 Å². The fraction of sp³-hybridized carbons (Fsp3) is 0.111. The molecule has 0 radical (unpaired) electrons. The lowest BCUT2D eigenvalue weighted by molar-refractivity contribution is -0.383. The van der Waals surface area contributed by atoms with Crippen molar-refractivity contribution in [2.75, 3.05) is 0 Å². The maximum atomic E-state index is 11.3. The third kappa shape index (κ3) is 3.13. The highest BCUT2D eigenvalue weighted by Crippen LogP contribution is 2.37. The van der Waals surface area contributed by atoms with Gasteiger partial charge in [0, 0.05) is 53.2 Å². The number of aromatic nitrogens is 5. The standard InChI is InChI=1S/C18H14N6O2S/c1-2-23-17(12-5-8-19-9-6-12)21-22-18(23)27-16-4-3-15(24(25)26)14-11-20-10-7-13(14)16/h3-11H,2H2,1H3. The van der Waals surface area contributed by atoms with E-state index in [4.69, 9.17) is 0 Å². The number of rotatable bonds is 5. The van der Waals surface area contributed by atoms with Crippen molar-refractivity contribution in [1.82, 2.24) is 24.7 Å². The second kappa shape index (κ2) is 7.12. The van der Waals surface area contributed by atoms with Crippen LogP contribution in [0.25, 0.3) is 22.2 Å². The van der Waals surface area contributed by atoms with Crippen LogP contribution in [0.4, 0.5) is 5.69 Å². The van der Waals surface area contributed by atoms with E-state index in [1.807, 2.05) is 23.6 Å². The molecule has 134 valence electrons. The highest BCUT2D eigenvalue weighted by molar-refractivity contribution is 7.99. The van der Waals surface area contributed by atoms with Crippen molar-refractivity contribution < 1.29 is 4.92 Å². The zero-order valence-electron chi connectivity index (χ0n) is 14.3. The van der Waals surface area contributed by atoms with Gasteiger partial charge < -0.3 is 4.57 Å². The van der Waals surface area contributed by atoms with E-state index in [-0.39, 0.29) is 5.69 Å². The molecule has 8 nitrogen and oxygen atoms in total. The molecule has 0 unspecified atom stereocenters. The van der Waals surface area contributed by atoms with Gasteiger partial charge in [-0.3, -0.25) is 20.1 Å². The Morgan fingerprint density at radius 3 is 2.56 bits per heavy atom. The van der Waals surface area contributed by atoms with Gasteiger partial charge in [0.05, 0.1) is 10.3 Å². The van der Waals surface area contributed by atoms with Gasteiger partial charge in [-0.2, -0.15) is 0 Å². The molecule has 0 amide bonds. The summed E-state index contributed by atoms with van der Waals surface area (Å²) in [6.07, 6.45) is 6.58. The first kappa shape index (κ1) is 17.1. The van der Waals surface area contributed by atoms with Crippen LogP contribution in [0.5, 0.6) is 0 Å². The molecule has 4 aromatic rings. The van der Waals surface area contributed by atoms with Crippen LogP contribution in [0, 0.1) is 10.1 Å². The van der Waals surface area contributed by atoms with Crippen molar-refractivity contribution in [3.8, 4) is 11.4 Å². The monoisotopic (exact) mass is 378 g/mol. The fourth-order valence-corrected chi connectivity index (χ4v) is 3.89. The minimum atomic E-state index is -0.394. The SMILES string of the molecule is CCn1c(Sc2ccc([N+](=O)[O-])c3cnccc23)nnc1-c1ccncc1. The quantitative estimate of drug-likeness (QED) is 0.383. The predicted octanol–water partition coefficient (Wildman–Crippen LogP) is 3.97. The largest absolute Gasteiger partial charge is 0.302 e. The van der Waals surface area contributed by atoms with Crippen molar-refractivity contribution in [1.29, 1.82) is 0 Å². The van der Waals surface area contributed by atoms with Gasteiger partial charge in [0.25, 0.3) is 5.69 Å². The van der Waals surface area contributed by atoms with E-state index in [0.717, 1.165) is 26.8 Å². The molecule has 4 rings (SSSR count). The molecule has 9 heteroatoms. The molecule has 0 saturated heterocycles. The van der Waals surface area contributed by atoms with Gasteiger partial charge >= 0.3 is 0 Å². The molecule has 0 aliphatic carbocycles. The molecule has 0 bridgehead atoms. The summed E-state index contributed by atoms with van der Waals surface area (Å²) in [7, 11) is 0. The smallest absolute Gasteiger partial charge is 0.278 e. The summed E-state index contributed by atoms with van der Waals surface area (Å²) in [4.78, 5) is 19.8. The molecule has 0 aliphatic heterocycles. The Hall–Kier alpha value is -3.33. The van der Waals surface area contributed by atoms with Crippen LogP contribution in [0.15, 0.2) is 65.2 Å². The van der Waals surface area contributed by atoms with Crippen LogP contribution in [-0.2, 0) is 6.54 Å². The van der Waals surface area contributed by atoms with E-state index in [1.165, 1.54) is 24.0 Å². The van der Waals surface area contributed by atoms with Crippen molar-refractivity contribution in [2.45, 2.75) is 23.5 Å². The summed E-state index contributed by atoms with van der Waals surface area (Å²) in [6.45, 7) is 2.72. The van der Waals surface area contributed by atoms with Gasteiger partial charge in [-0.1, -0.05) is 0 Å². The summed E-state index contributed by atoms with van der Waals surface area (Å²) in [5.74, 6) is 0.760. The van der Waals surface area contributed by atoms with Crippen LogP contribution in [0.3, 0.4) is 0 Å². The first-order valence-corrected chi connectivity index (χ1v) is 9.03. The van der Waals surface area contributed by atoms with E-state index in [1.54, 1.807) is 30.7 Å². The molecule has 3 heterocycles. The second-order valence-corrected chi connectivity index (χ2v) is 6.66. The number of nitrogens with zero attached hydrogens (tertiary/aromatic N) is 6. The maximum absolute atomic E-state index is 11.3. The minimum absolute atomic E-state index is 0.0388. The number of hydrogen-bond donors (Lipinski definition) is 0. The Morgan fingerprint density at radius 2 is 1.81 bits per heavy atom. The molecule has 0 fully saturated rings. The fourth-order valence-electron chi connectivity index (χ4n) is 2.86. The van der Waals surface area contributed by atoms with Crippen molar-refractivity contribution in [3.63, 3.8) is 0 Å². The zero-order chi connectivity index (χ0) is 18.8. The highest BCUT2D eigenvalue weighted by atomic mass is 32.2. The number of hydrogen-bond acceptors (Lipinski definition) is 7. The molecular formula is C18H14N6O2S. The molecular weight excluding hydrogens is 364 g/mol. The summed E-state index contributed by atoms with van der Waals surface area (Å²) in [5.41, 5.74) is 0.973. The number of nitro benzene ring substituents is 1. The Labute approximate surface area is 158 Å². The number of pyridine rings is 2. The Morgan fingerprint density at radius 1 is 1.04 bits per heavy atom. The highest BCUT2D eigenvalue weighted by Gasteiger charge is 2.18. The van der Waals surface area contributed by atoms with Crippen LogP contribution >= 0.6 is 11.8 Å². The van der Waals surface area contributed by atoms with Crippen LogP contribution in [0.2, 0.25) is 0 Å². The molecule has 0 aliphatic rings. The van der Waals surface area contributed by atoms with Gasteiger partial charge in [0.1, 0.15) is 0 Å². The lowest BCUT2D eigenvalue weighted by Gasteiger charge is -2.09. The van der Waals surface area contributed by atoms with Gasteiger partial charge in [-0.25, -0.2) is 0 Å². The number of nitro groups is 1. The summed E-state index contributed by atoms with van der Waals surface area (Å²) < 4.78 is 2.01. The Kier molecular flexibility index (Phi) is 4.51. The lowest BCUT2D eigenvalue weighted by atomic mass is 10.1. The maximum Gasteiger partial charge on any atom is 0.278 e. The average molecular weight is 378 g/mol. The van der Waals surface area contributed by atoms with Gasteiger partial charge in [0.15, 0.2) is 11.0 Å². The predicted molar refractivity (Wildman–Crippen MR) is 101 cm³/mol. The average Bonchev–Trinajstić information content (AvgIpc) is 3.11. The van der Waals surface area contributed by atoms with Crippen LogP contribution in [0.1, 0.15) is 6.92 Å². The molecule has 0 atom stereocenters. The Balaban J connectivity index is 1.79. The van der Waals surface area contributed by atoms with Gasteiger partial charge in [-0.05, 0) is 43.0 Å². The van der Waals surface area contributed by atoms with Crippen LogP contribution < -0.4 is 0 Å². The minimum Gasteiger partial charge on any atom is -0.302 e. The zero-order valence-corrected chi connectivity index (χ0v) is 15.1. The first-order valence-electron chi connectivity index (χ1n) is 8.21. The number of benzene rings is 1. The second-order valence-electron chi connectivity index (χ2n) is 5.65. The normalized spacial score (nSPS) is 11.0. The van der Waals surface area contributed by atoms with Crippen molar-refractivity contribution in [2.24, 2.45) is 0 Å². The van der Waals surface area contributed by atoms with Crippen LogP contribution in [-0.4, -0.2) is 29.7 Å². The molecule has 0 spiro atoms. The topological polar surface area (TPSA) is 99.6 Å². The van der Waals surface area contributed by atoms with Gasteiger partial charge in [0.2, 0.25) is 0 Å². The third-order valence-electron chi connectivity index (χ3n) is 4.12. The number of non-ortho nitro benzene ring substituents is 1. The van der Waals surface area contributed by atoms with Gasteiger partial charge in [-0.15, -0.1) is 10.2 Å². The molecule has 1 aromatic carbocycles. The summed E-state index contributed by atoms with van der Waals surface area (Å²) in [5, 5.41) is 21.9. The summed E-state index contributed by atoms with van der Waals surface area (Å²) >= 11 is 1.43. The van der Waals surface area contributed by atoms with E-state index < -0.39 is 4.92 Å². The third-order valence-corrected chi connectivity index (χ3v) is 5.19. The summed E-state index contributed by atoms with van der Waals surface area (Å²) in [6, 6.07) is 8.80. The van der Waals surface area contributed by atoms with E-state index >= 15 is 0 Å². The molecule has 27 heavy (non-hydrogen) atoms. The van der Waals surface area contributed by atoms with E-state index in [9.17, 15) is 10.1 Å². The van der Waals surface area contributed by atoms with Crippen molar-refractivity contribution in [3.05, 3.63) is 65.2 Å². The van der Waals surface area contributed by atoms with E-state index in [0.29, 0.717) is 11.9 Å². The Bertz CT molecular complexity index is 1130. The lowest BCUT2D eigenvalue weighted by Crippen LogP contribution is -2.00.